The normalized spacial score (nSPS) is 16.4. The fourth-order valence-corrected chi connectivity index (χ4v) is 4.01. The van der Waals surface area contributed by atoms with Crippen molar-refractivity contribution in [2.24, 2.45) is 0 Å². The molecule has 2 heterocycles. The highest BCUT2D eigenvalue weighted by Crippen LogP contribution is 2.24. The number of carbonyl (C=O) groups excluding carboxylic acids is 2. The maximum atomic E-state index is 12.9. The lowest BCUT2D eigenvalue weighted by Gasteiger charge is -2.36. The molecule has 1 saturated heterocycles. The van der Waals surface area contributed by atoms with Crippen molar-refractivity contribution in [2.45, 2.75) is 19.8 Å². The third-order valence-electron chi connectivity index (χ3n) is 5.40. The number of thiocarbonyl (C=S) groups is 1. The van der Waals surface area contributed by atoms with Crippen molar-refractivity contribution >= 4 is 34.7 Å². The first kappa shape index (κ1) is 18.6. The highest BCUT2D eigenvalue weighted by Gasteiger charge is 2.25. The van der Waals surface area contributed by atoms with Gasteiger partial charge in [0.05, 0.1) is 0 Å². The van der Waals surface area contributed by atoms with Gasteiger partial charge in [-0.15, -0.1) is 0 Å². The van der Waals surface area contributed by atoms with Crippen LogP contribution in [-0.4, -0.2) is 52.8 Å². The van der Waals surface area contributed by atoms with Crippen LogP contribution in [0.4, 0.5) is 5.69 Å². The van der Waals surface area contributed by atoms with Gasteiger partial charge in [-0.05, 0) is 37.1 Å². The fraction of sp³-hybridized carbons (Fsp3) is 0.318. The van der Waals surface area contributed by atoms with Crippen LogP contribution >= 0.6 is 12.2 Å². The molecule has 6 heteroatoms. The molecule has 0 atom stereocenters. The second-order valence-electron chi connectivity index (χ2n) is 7.37. The summed E-state index contributed by atoms with van der Waals surface area (Å²) in [7, 11) is 0. The van der Waals surface area contributed by atoms with E-state index in [1.54, 1.807) is 6.07 Å². The predicted octanol–water partition coefficient (Wildman–Crippen LogP) is 3.01. The first-order chi connectivity index (χ1) is 13.5. The average Bonchev–Trinajstić information content (AvgIpc) is 2.73. The van der Waals surface area contributed by atoms with Crippen LogP contribution in [0.25, 0.3) is 0 Å². The van der Waals surface area contributed by atoms with Gasteiger partial charge in [0.1, 0.15) is 4.99 Å². The Morgan fingerprint density at radius 3 is 2.29 bits per heavy atom. The molecule has 2 aliphatic heterocycles. The SMILES string of the molecule is Cc1ccc(C(=S)N2CCN(C(=O)c3ccc4c(c3)CCC(=O)N4)CC2)cc1. The molecule has 2 aromatic rings. The molecule has 1 fully saturated rings. The van der Waals surface area contributed by atoms with E-state index >= 15 is 0 Å². The number of hydrogen-bond acceptors (Lipinski definition) is 3. The van der Waals surface area contributed by atoms with E-state index in [2.05, 4.69) is 41.4 Å². The van der Waals surface area contributed by atoms with Gasteiger partial charge in [-0.1, -0.05) is 42.0 Å². The Morgan fingerprint density at radius 1 is 0.929 bits per heavy atom. The summed E-state index contributed by atoms with van der Waals surface area (Å²) in [5.74, 6) is 0.0767. The molecule has 0 spiro atoms. The Labute approximate surface area is 170 Å². The summed E-state index contributed by atoms with van der Waals surface area (Å²) in [6.45, 7) is 4.84. The number of nitrogens with zero attached hydrogens (tertiary/aromatic N) is 2. The molecule has 0 radical (unpaired) electrons. The van der Waals surface area contributed by atoms with Crippen LogP contribution in [0.1, 0.15) is 33.5 Å². The molecule has 5 nitrogen and oxygen atoms in total. The van der Waals surface area contributed by atoms with Crippen molar-refractivity contribution in [3.63, 3.8) is 0 Å². The van der Waals surface area contributed by atoms with Crippen LogP contribution in [-0.2, 0) is 11.2 Å². The molecule has 0 bridgehead atoms. The number of hydrogen-bond donors (Lipinski definition) is 1. The minimum Gasteiger partial charge on any atom is -0.359 e. The summed E-state index contributed by atoms with van der Waals surface area (Å²) in [6.07, 6.45) is 1.15. The van der Waals surface area contributed by atoms with E-state index in [1.807, 2.05) is 17.0 Å². The third kappa shape index (κ3) is 3.78. The predicted molar refractivity (Wildman–Crippen MR) is 114 cm³/mol. The molecular formula is C22H23N3O2S. The minimum atomic E-state index is 0.0345. The Morgan fingerprint density at radius 2 is 1.57 bits per heavy atom. The molecule has 2 amide bonds. The number of nitrogens with one attached hydrogen (secondary N) is 1. The fourth-order valence-electron chi connectivity index (χ4n) is 3.69. The van der Waals surface area contributed by atoms with Gasteiger partial charge in [-0.3, -0.25) is 9.59 Å². The van der Waals surface area contributed by atoms with Crippen molar-refractivity contribution in [1.29, 1.82) is 0 Å². The first-order valence-corrected chi connectivity index (χ1v) is 10.00. The number of fused-ring (bicyclic) bond motifs is 1. The third-order valence-corrected chi connectivity index (χ3v) is 5.89. The van der Waals surface area contributed by atoms with Gasteiger partial charge < -0.3 is 15.1 Å². The molecule has 4 rings (SSSR count). The summed E-state index contributed by atoms with van der Waals surface area (Å²) in [5.41, 5.74) is 4.80. The molecule has 0 saturated carbocycles. The molecule has 28 heavy (non-hydrogen) atoms. The summed E-state index contributed by atoms with van der Waals surface area (Å²) < 4.78 is 0. The van der Waals surface area contributed by atoms with Crippen molar-refractivity contribution < 1.29 is 9.59 Å². The maximum absolute atomic E-state index is 12.9. The van der Waals surface area contributed by atoms with Crippen LogP contribution in [0.3, 0.4) is 0 Å². The topological polar surface area (TPSA) is 52.7 Å². The first-order valence-electron chi connectivity index (χ1n) is 9.59. The largest absolute Gasteiger partial charge is 0.359 e. The van der Waals surface area contributed by atoms with Crippen molar-refractivity contribution in [2.75, 3.05) is 31.5 Å². The summed E-state index contributed by atoms with van der Waals surface area (Å²) in [4.78, 5) is 29.3. The van der Waals surface area contributed by atoms with Gasteiger partial charge in [-0.25, -0.2) is 0 Å². The van der Waals surface area contributed by atoms with Crippen LogP contribution < -0.4 is 5.32 Å². The zero-order valence-corrected chi connectivity index (χ0v) is 16.7. The standard InChI is InChI=1S/C22H23N3O2S/c1-15-2-4-16(5-3-15)22(28)25-12-10-24(11-13-25)21(27)18-6-8-19-17(14-18)7-9-20(26)23-19/h2-6,8,14H,7,9-13H2,1H3,(H,23,26). The smallest absolute Gasteiger partial charge is 0.253 e. The molecule has 2 aromatic carbocycles. The second kappa shape index (κ2) is 7.72. The van der Waals surface area contributed by atoms with Crippen molar-refractivity contribution in [3.05, 3.63) is 64.7 Å². The quantitative estimate of drug-likeness (QED) is 0.797. The molecule has 0 aromatic heterocycles. The lowest BCUT2D eigenvalue weighted by atomic mass is 10.00. The number of anilines is 1. The Balaban J connectivity index is 1.39. The summed E-state index contributed by atoms with van der Waals surface area (Å²) in [6, 6.07) is 13.8. The second-order valence-corrected chi connectivity index (χ2v) is 7.76. The Bertz CT molecular complexity index is 931. The summed E-state index contributed by atoms with van der Waals surface area (Å²) >= 11 is 5.65. The van der Waals surface area contributed by atoms with Gasteiger partial charge in [0.2, 0.25) is 5.91 Å². The van der Waals surface area contributed by atoms with Gasteiger partial charge in [0, 0.05) is 49.4 Å². The monoisotopic (exact) mass is 393 g/mol. The number of piperazine rings is 1. The van der Waals surface area contributed by atoms with Gasteiger partial charge >= 0.3 is 0 Å². The Hall–Kier alpha value is -2.73. The minimum absolute atomic E-state index is 0.0345. The molecule has 1 N–H and O–H groups in total. The highest BCUT2D eigenvalue weighted by atomic mass is 32.1. The lowest BCUT2D eigenvalue weighted by Crippen LogP contribution is -2.50. The summed E-state index contributed by atoms with van der Waals surface area (Å²) in [5, 5.41) is 2.86. The molecular weight excluding hydrogens is 370 g/mol. The van der Waals surface area contributed by atoms with Crippen molar-refractivity contribution in [1.82, 2.24) is 9.80 Å². The molecule has 0 aliphatic carbocycles. The van der Waals surface area contributed by atoms with E-state index in [9.17, 15) is 9.59 Å². The van der Waals surface area contributed by atoms with Crippen LogP contribution in [0.5, 0.6) is 0 Å². The van der Waals surface area contributed by atoms with Crippen LogP contribution in [0.2, 0.25) is 0 Å². The van der Waals surface area contributed by atoms with Gasteiger partial charge in [0.25, 0.3) is 5.91 Å². The van der Waals surface area contributed by atoms with E-state index in [1.165, 1.54) is 5.56 Å². The molecule has 2 aliphatic rings. The zero-order valence-electron chi connectivity index (χ0n) is 15.9. The average molecular weight is 394 g/mol. The number of carbonyl (C=O) groups is 2. The highest BCUT2D eigenvalue weighted by molar-refractivity contribution is 7.80. The van der Waals surface area contributed by atoms with E-state index in [-0.39, 0.29) is 11.8 Å². The molecule has 0 unspecified atom stereocenters. The Kier molecular flexibility index (Phi) is 5.13. The van der Waals surface area contributed by atoms with Gasteiger partial charge in [-0.2, -0.15) is 0 Å². The lowest BCUT2D eigenvalue weighted by molar-refractivity contribution is -0.116. The number of rotatable bonds is 2. The van der Waals surface area contributed by atoms with E-state index in [0.29, 0.717) is 31.5 Å². The number of amides is 2. The van der Waals surface area contributed by atoms with Crippen molar-refractivity contribution in [3.8, 4) is 0 Å². The van der Waals surface area contributed by atoms with E-state index in [0.717, 1.165) is 34.9 Å². The number of aryl methyl sites for hydroxylation is 2. The number of benzene rings is 2. The zero-order chi connectivity index (χ0) is 19.7. The van der Waals surface area contributed by atoms with E-state index in [4.69, 9.17) is 12.2 Å². The molecule has 144 valence electrons. The van der Waals surface area contributed by atoms with Crippen LogP contribution in [0.15, 0.2) is 42.5 Å². The maximum Gasteiger partial charge on any atom is 0.253 e. The van der Waals surface area contributed by atoms with Gasteiger partial charge in [0.15, 0.2) is 0 Å². The van der Waals surface area contributed by atoms with E-state index < -0.39 is 0 Å². The van der Waals surface area contributed by atoms with Crippen LogP contribution in [0, 0.1) is 6.92 Å².